The molecule has 30 heavy (non-hydrogen) atoms. The van der Waals surface area contributed by atoms with Crippen molar-refractivity contribution < 1.29 is 18.0 Å². The number of rotatable bonds is 4. The van der Waals surface area contributed by atoms with Gasteiger partial charge in [-0.3, -0.25) is 9.48 Å². The van der Waals surface area contributed by atoms with Crippen LogP contribution in [0.25, 0.3) is 0 Å². The van der Waals surface area contributed by atoms with Gasteiger partial charge in [0.15, 0.2) is 0 Å². The van der Waals surface area contributed by atoms with E-state index in [2.05, 4.69) is 11.2 Å². The highest BCUT2D eigenvalue weighted by atomic mass is 19.4. The Bertz CT molecular complexity index is 1040. The van der Waals surface area contributed by atoms with E-state index in [0.29, 0.717) is 19.5 Å². The number of carbonyl (C=O) groups is 1. The SMILES string of the molecule is Cn1cc(C2CN(C(=O)CCc3ccc(C(F)(F)F)cc3)Cc3ccccc32)cn1. The van der Waals surface area contributed by atoms with Crippen LogP contribution in [0.15, 0.2) is 60.9 Å². The number of aromatic nitrogens is 2. The van der Waals surface area contributed by atoms with Gasteiger partial charge < -0.3 is 4.90 Å². The Labute approximate surface area is 172 Å². The van der Waals surface area contributed by atoms with Gasteiger partial charge >= 0.3 is 6.18 Å². The molecule has 0 fully saturated rings. The second-order valence-electron chi connectivity index (χ2n) is 7.67. The molecule has 2 aromatic carbocycles. The second kappa shape index (κ2) is 7.97. The Kier molecular flexibility index (Phi) is 5.37. The number of nitrogens with zero attached hydrogens (tertiary/aromatic N) is 3. The number of alkyl halides is 3. The van der Waals surface area contributed by atoms with E-state index in [9.17, 15) is 18.0 Å². The smallest absolute Gasteiger partial charge is 0.337 e. The van der Waals surface area contributed by atoms with Gasteiger partial charge in [-0.25, -0.2) is 0 Å². The third-order valence-corrected chi connectivity index (χ3v) is 5.58. The third-order valence-electron chi connectivity index (χ3n) is 5.58. The molecule has 1 aromatic heterocycles. The molecule has 7 heteroatoms. The summed E-state index contributed by atoms with van der Waals surface area (Å²) in [6.07, 6.45) is 0.117. The van der Waals surface area contributed by atoms with Crippen molar-refractivity contribution in [1.82, 2.24) is 14.7 Å². The van der Waals surface area contributed by atoms with Crippen molar-refractivity contribution in [3.05, 3.63) is 88.7 Å². The minimum atomic E-state index is -4.35. The Morgan fingerprint density at radius 3 is 2.53 bits per heavy atom. The maximum absolute atomic E-state index is 12.9. The van der Waals surface area contributed by atoms with Gasteiger partial charge in [-0.05, 0) is 40.8 Å². The number of halogens is 3. The predicted molar refractivity (Wildman–Crippen MR) is 107 cm³/mol. The molecule has 4 nitrogen and oxygen atoms in total. The van der Waals surface area contributed by atoms with E-state index in [1.165, 1.54) is 17.7 Å². The summed E-state index contributed by atoms with van der Waals surface area (Å²) in [4.78, 5) is 14.8. The average Bonchev–Trinajstić information content (AvgIpc) is 3.17. The summed E-state index contributed by atoms with van der Waals surface area (Å²) in [6, 6.07) is 13.1. The van der Waals surface area contributed by atoms with E-state index in [1.807, 2.05) is 42.5 Å². The molecule has 0 spiro atoms. The van der Waals surface area contributed by atoms with Crippen LogP contribution in [-0.2, 0) is 31.0 Å². The molecule has 4 rings (SSSR count). The van der Waals surface area contributed by atoms with E-state index in [4.69, 9.17) is 0 Å². The van der Waals surface area contributed by atoms with Crippen LogP contribution in [0.2, 0.25) is 0 Å². The Morgan fingerprint density at radius 1 is 1.13 bits per heavy atom. The average molecular weight is 413 g/mol. The molecule has 3 aromatic rings. The number of benzene rings is 2. The van der Waals surface area contributed by atoms with Crippen LogP contribution in [0.3, 0.4) is 0 Å². The predicted octanol–water partition coefficient (Wildman–Crippen LogP) is 4.55. The summed E-state index contributed by atoms with van der Waals surface area (Å²) in [7, 11) is 1.87. The summed E-state index contributed by atoms with van der Waals surface area (Å²) in [5.41, 5.74) is 3.42. The third kappa shape index (κ3) is 4.25. The van der Waals surface area contributed by atoms with Gasteiger partial charge in [0, 0.05) is 38.7 Å². The van der Waals surface area contributed by atoms with Crippen molar-refractivity contribution in [2.24, 2.45) is 7.05 Å². The van der Waals surface area contributed by atoms with E-state index in [1.54, 1.807) is 4.68 Å². The van der Waals surface area contributed by atoms with Gasteiger partial charge in [-0.1, -0.05) is 36.4 Å². The number of hydrogen-bond donors (Lipinski definition) is 0. The lowest BCUT2D eigenvalue weighted by Crippen LogP contribution is -2.38. The minimum Gasteiger partial charge on any atom is -0.337 e. The molecule has 1 aliphatic heterocycles. The minimum absolute atomic E-state index is 0.00158. The molecule has 0 saturated carbocycles. The fraction of sp³-hybridized carbons (Fsp3) is 0.304. The first-order valence-corrected chi connectivity index (χ1v) is 9.81. The zero-order chi connectivity index (χ0) is 21.3. The normalized spacial score (nSPS) is 16.4. The molecular formula is C23H22F3N3O. The van der Waals surface area contributed by atoms with Crippen LogP contribution in [0.5, 0.6) is 0 Å². The standard InChI is InChI=1S/C23H22F3N3O/c1-28-13-18(12-27-28)21-15-29(14-17-4-2-3-5-20(17)21)22(30)11-8-16-6-9-19(10-7-16)23(24,25)26/h2-7,9-10,12-13,21H,8,11,14-15H2,1H3. The lowest BCUT2D eigenvalue weighted by atomic mass is 9.86. The number of hydrogen-bond acceptors (Lipinski definition) is 2. The maximum atomic E-state index is 12.9. The van der Waals surface area contributed by atoms with Gasteiger partial charge in [0.2, 0.25) is 5.91 Å². The molecule has 0 saturated heterocycles. The van der Waals surface area contributed by atoms with Crippen LogP contribution in [0.1, 0.15) is 40.2 Å². The molecule has 0 N–H and O–H groups in total. The Balaban J connectivity index is 1.47. The molecule has 0 aliphatic carbocycles. The fourth-order valence-corrected chi connectivity index (χ4v) is 3.97. The van der Waals surface area contributed by atoms with Crippen molar-refractivity contribution >= 4 is 5.91 Å². The number of fused-ring (bicyclic) bond motifs is 1. The van der Waals surface area contributed by atoms with Gasteiger partial charge in [0.25, 0.3) is 0 Å². The molecule has 156 valence electrons. The Morgan fingerprint density at radius 2 is 1.87 bits per heavy atom. The fourth-order valence-electron chi connectivity index (χ4n) is 3.97. The largest absolute Gasteiger partial charge is 0.416 e. The highest BCUT2D eigenvalue weighted by Gasteiger charge is 2.31. The molecule has 0 radical (unpaired) electrons. The van der Waals surface area contributed by atoms with Gasteiger partial charge in [0.1, 0.15) is 0 Å². The summed E-state index contributed by atoms with van der Waals surface area (Å²) in [5, 5.41) is 4.27. The monoisotopic (exact) mass is 413 g/mol. The lowest BCUT2D eigenvalue weighted by molar-refractivity contribution is -0.137. The maximum Gasteiger partial charge on any atom is 0.416 e. The first kappa shape index (κ1) is 20.2. The van der Waals surface area contributed by atoms with Crippen LogP contribution in [-0.4, -0.2) is 27.1 Å². The summed E-state index contributed by atoms with van der Waals surface area (Å²) < 4.78 is 39.9. The van der Waals surface area contributed by atoms with Crippen LogP contribution < -0.4 is 0 Å². The summed E-state index contributed by atoms with van der Waals surface area (Å²) >= 11 is 0. The van der Waals surface area contributed by atoms with E-state index >= 15 is 0 Å². The highest BCUT2D eigenvalue weighted by molar-refractivity contribution is 5.77. The second-order valence-corrected chi connectivity index (χ2v) is 7.67. The van der Waals surface area contributed by atoms with Gasteiger partial charge in [0.05, 0.1) is 11.8 Å². The first-order chi connectivity index (χ1) is 14.3. The Hall–Kier alpha value is -3.09. The van der Waals surface area contributed by atoms with Crippen molar-refractivity contribution in [2.45, 2.75) is 31.5 Å². The molecular weight excluding hydrogens is 391 g/mol. The van der Waals surface area contributed by atoms with Gasteiger partial charge in [-0.2, -0.15) is 18.3 Å². The quantitative estimate of drug-likeness (QED) is 0.630. The van der Waals surface area contributed by atoms with Crippen molar-refractivity contribution in [3.8, 4) is 0 Å². The first-order valence-electron chi connectivity index (χ1n) is 9.81. The van der Waals surface area contributed by atoms with Crippen LogP contribution in [0, 0.1) is 0 Å². The van der Waals surface area contributed by atoms with Crippen LogP contribution in [0.4, 0.5) is 13.2 Å². The van der Waals surface area contributed by atoms with E-state index in [-0.39, 0.29) is 18.2 Å². The summed E-state index contributed by atoms with van der Waals surface area (Å²) in [6.45, 7) is 1.10. The number of aryl methyl sites for hydroxylation is 2. The van der Waals surface area contributed by atoms with E-state index < -0.39 is 11.7 Å². The number of amides is 1. The molecule has 1 aliphatic rings. The molecule has 1 unspecified atom stereocenters. The summed E-state index contributed by atoms with van der Waals surface area (Å²) in [5.74, 6) is 0.0527. The topological polar surface area (TPSA) is 38.1 Å². The molecule has 2 heterocycles. The van der Waals surface area contributed by atoms with Crippen LogP contribution >= 0.6 is 0 Å². The molecule has 1 atom stereocenters. The van der Waals surface area contributed by atoms with Crippen molar-refractivity contribution in [1.29, 1.82) is 0 Å². The molecule has 1 amide bonds. The zero-order valence-corrected chi connectivity index (χ0v) is 16.6. The zero-order valence-electron chi connectivity index (χ0n) is 16.6. The highest BCUT2D eigenvalue weighted by Crippen LogP contribution is 2.34. The van der Waals surface area contributed by atoms with Gasteiger partial charge in [-0.15, -0.1) is 0 Å². The van der Waals surface area contributed by atoms with E-state index in [0.717, 1.165) is 28.8 Å². The number of carbonyl (C=O) groups excluding carboxylic acids is 1. The lowest BCUT2D eigenvalue weighted by Gasteiger charge is -2.34. The van der Waals surface area contributed by atoms with Crippen molar-refractivity contribution in [3.63, 3.8) is 0 Å². The van der Waals surface area contributed by atoms with Crippen molar-refractivity contribution in [2.75, 3.05) is 6.54 Å². The molecule has 0 bridgehead atoms.